The standard InChI is InChI=1S/C13H16N2O5/c1-4-13(3)11(18)15(12(19)14-13)6-8-5-7(2)9(20-8)10(16)17/h5H,4,6H2,1-3H3,(H,14,19)(H,16,17). The zero-order chi connectivity index (χ0) is 15.1. The molecule has 3 amide bonds. The topological polar surface area (TPSA) is 99.8 Å². The van der Waals surface area contributed by atoms with Crippen LogP contribution >= 0.6 is 0 Å². The summed E-state index contributed by atoms with van der Waals surface area (Å²) in [7, 11) is 0. The number of nitrogens with zero attached hydrogens (tertiary/aromatic N) is 1. The van der Waals surface area contributed by atoms with Gasteiger partial charge in [-0.3, -0.25) is 9.69 Å². The minimum atomic E-state index is -1.18. The first-order valence-corrected chi connectivity index (χ1v) is 6.25. The van der Waals surface area contributed by atoms with E-state index in [1.807, 2.05) is 0 Å². The van der Waals surface area contributed by atoms with E-state index < -0.39 is 17.5 Å². The zero-order valence-electron chi connectivity index (χ0n) is 11.5. The number of imide groups is 1. The van der Waals surface area contributed by atoms with E-state index in [-0.39, 0.29) is 24.0 Å². The summed E-state index contributed by atoms with van der Waals surface area (Å²) < 4.78 is 5.16. The van der Waals surface area contributed by atoms with Gasteiger partial charge in [0.25, 0.3) is 5.91 Å². The van der Waals surface area contributed by atoms with Crippen LogP contribution in [0.2, 0.25) is 0 Å². The Balaban J connectivity index is 2.22. The van der Waals surface area contributed by atoms with E-state index in [1.54, 1.807) is 20.8 Å². The highest BCUT2D eigenvalue weighted by molar-refractivity contribution is 6.06. The Morgan fingerprint density at radius 2 is 2.15 bits per heavy atom. The number of amides is 3. The maximum absolute atomic E-state index is 12.2. The average Bonchev–Trinajstić information content (AvgIpc) is 2.84. The van der Waals surface area contributed by atoms with Crippen LogP contribution in [0.25, 0.3) is 0 Å². The third-order valence-corrected chi connectivity index (χ3v) is 3.53. The number of furan rings is 1. The Kier molecular flexibility index (Phi) is 3.29. The summed E-state index contributed by atoms with van der Waals surface area (Å²) in [5.41, 5.74) is -0.452. The molecular weight excluding hydrogens is 264 g/mol. The van der Waals surface area contributed by atoms with Crippen LogP contribution in [0.15, 0.2) is 10.5 Å². The van der Waals surface area contributed by atoms with Crippen molar-refractivity contribution in [3.05, 3.63) is 23.2 Å². The molecule has 0 spiro atoms. The largest absolute Gasteiger partial charge is 0.475 e. The van der Waals surface area contributed by atoms with Crippen LogP contribution < -0.4 is 5.32 Å². The number of carboxylic acid groups (broad SMARTS) is 1. The molecule has 2 rings (SSSR count). The first-order chi connectivity index (χ1) is 9.28. The lowest BCUT2D eigenvalue weighted by Crippen LogP contribution is -2.43. The van der Waals surface area contributed by atoms with Crippen LogP contribution in [0.3, 0.4) is 0 Å². The number of hydrogen-bond acceptors (Lipinski definition) is 4. The lowest BCUT2D eigenvalue weighted by molar-refractivity contribution is -0.131. The van der Waals surface area contributed by atoms with Crippen molar-refractivity contribution in [2.75, 3.05) is 0 Å². The van der Waals surface area contributed by atoms with Crippen LogP contribution in [-0.2, 0) is 11.3 Å². The Morgan fingerprint density at radius 3 is 2.60 bits per heavy atom. The number of urea groups is 1. The molecule has 20 heavy (non-hydrogen) atoms. The van der Waals surface area contributed by atoms with Crippen molar-refractivity contribution >= 4 is 17.9 Å². The molecule has 1 aliphatic heterocycles. The molecule has 0 aliphatic carbocycles. The third-order valence-electron chi connectivity index (χ3n) is 3.53. The van der Waals surface area contributed by atoms with Crippen molar-refractivity contribution in [3.63, 3.8) is 0 Å². The fraction of sp³-hybridized carbons (Fsp3) is 0.462. The molecule has 0 aromatic carbocycles. The first kappa shape index (κ1) is 14.1. The Labute approximate surface area is 115 Å². The van der Waals surface area contributed by atoms with Gasteiger partial charge in [0.05, 0.1) is 6.54 Å². The summed E-state index contributed by atoms with van der Waals surface area (Å²) >= 11 is 0. The molecule has 1 aromatic rings. The molecule has 2 N–H and O–H groups in total. The average molecular weight is 280 g/mol. The molecule has 0 bridgehead atoms. The molecule has 1 aromatic heterocycles. The van der Waals surface area contributed by atoms with Crippen LogP contribution in [0.5, 0.6) is 0 Å². The van der Waals surface area contributed by atoms with Gasteiger partial charge < -0.3 is 14.8 Å². The summed E-state index contributed by atoms with van der Waals surface area (Å²) in [6.07, 6.45) is 0.478. The number of carbonyl (C=O) groups is 3. The Morgan fingerprint density at radius 1 is 1.50 bits per heavy atom. The quantitative estimate of drug-likeness (QED) is 0.814. The van der Waals surface area contributed by atoms with E-state index in [0.717, 1.165) is 4.90 Å². The molecule has 1 unspecified atom stereocenters. The van der Waals surface area contributed by atoms with Gasteiger partial charge in [0.2, 0.25) is 5.76 Å². The van der Waals surface area contributed by atoms with E-state index in [9.17, 15) is 14.4 Å². The van der Waals surface area contributed by atoms with Crippen LogP contribution in [0.4, 0.5) is 4.79 Å². The minimum Gasteiger partial charge on any atom is -0.475 e. The number of carbonyl (C=O) groups excluding carboxylic acids is 2. The number of carboxylic acids is 1. The molecule has 7 heteroatoms. The number of aryl methyl sites for hydroxylation is 1. The molecule has 2 heterocycles. The fourth-order valence-electron chi connectivity index (χ4n) is 2.12. The van der Waals surface area contributed by atoms with Crippen molar-refractivity contribution in [1.29, 1.82) is 0 Å². The third kappa shape index (κ3) is 2.15. The van der Waals surface area contributed by atoms with Gasteiger partial charge in [-0.1, -0.05) is 6.92 Å². The monoisotopic (exact) mass is 280 g/mol. The normalized spacial score (nSPS) is 22.2. The van der Waals surface area contributed by atoms with Crippen molar-refractivity contribution in [2.45, 2.75) is 39.3 Å². The van der Waals surface area contributed by atoms with Gasteiger partial charge in [0.1, 0.15) is 11.3 Å². The predicted octanol–water partition coefficient (Wildman–Crippen LogP) is 1.51. The van der Waals surface area contributed by atoms with E-state index in [1.165, 1.54) is 6.07 Å². The molecule has 1 fully saturated rings. The molecular formula is C13H16N2O5. The van der Waals surface area contributed by atoms with Crippen molar-refractivity contribution in [3.8, 4) is 0 Å². The first-order valence-electron chi connectivity index (χ1n) is 6.25. The van der Waals surface area contributed by atoms with Crippen LogP contribution in [-0.4, -0.2) is 33.5 Å². The van der Waals surface area contributed by atoms with Crippen LogP contribution in [0.1, 0.15) is 42.1 Å². The van der Waals surface area contributed by atoms with Gasteiger partial charge in [0.15, 0.2) is 0 Å². The maximum Gasteiger partial charge on any atom is 0.372 e. The second-order valence-corrected chi connectivity index (χ2v) is 5.04. The van der Waals surface area contributed by atoms with E-state index in [2.05, 4.69) is 5.32 Å². The van der Waals surface area contributed by atoms with E-state index >= 15 is 0 Å². The highest BCUT2D eigenvalue weighted by atomic mass is 16.4. The predicted molar refractivity (Wildman–Crippen MR) is 68.2 cm³/mol. The summed E-state index contributed by atoms with van der Waals surface area (Å²) in [5.74, 6) is -1.42. The fourth-order valence-corrected chi connectivity index (χ4v) is 2.12. The number of rotatable bonds is 4. The molecule has 1 atom stereocenters. The summed E-state index contributed by atoms with van der Waals surface area (Å²) in [5, 5.41) is 11.5. The second-order valence-electron chi connectivity index (χ2n) is 5.04. The molecule has 7 nitrogen and oxygen atoms in total. The minimum absolute atomic E-state index is 0.0750. The van der Waals surface area contributed by atoms with Gasteiger partial charge in [-0.2, -0.15) is 0 Å². The number of nitrogens with one attached hydrogen (secondary N) is 1. The Bertz CT molecular complexity index is 592. The van der Waals surface area contributed by atoms with Crippen LogP contribution in [0, 0.1) is 6.92 Å². The van der Waals surface area contributed by atoms with Gasteiger partial charge in [0, 0.05) is 5.56 Å². The lowest BCUT2D eigenvalue weighted by atomic mass is 9.99. The van der Waals surface area contributed by atoms with Gasteiger partial charge in [-0.15, -0.1) is 0 Å². The Hall–Kier alpha value is -2.31. The molecule has 1 aliphatic rings. The number of aromatic carboxylic acids is 1. The second kappa shape index (κ2) is 4.66. The molecule has 0 radical (unpaired) electrons. The molecule has 0 saturated carbocycles. The summed E-state index contributed by atoms with van der Waals surface area (Å²) in [4.78, 5) is 35.9. The zero-order valence-corrected chi connectivity index (χ0v) is 11.5. The summed E-state index contributed by atoms with van der Waals surface area (Å²) in [6, 6.07) is 1.02. The van der Waals surface area contributed by atoms with E-state index in [0.29, 0.717) is 12.0 Å². The SMILES string of the molecule is CCC1(C)NC(=O)N(Cc2cc(C)c(C(=O)O)o2)C1=O. The molecule has 108 valence electrons. The van der Waals surface area contributed by atoms with Crippen molar-refractivity contribution in [2.24, 2.45) is 0 Å². The highest BCUT2D eigenvalue weighted by Gasteiger charge is 2.46. The van der Waals surface area contributed by atoms with Gasteiger partial charge in [-0.25, -0.2) is 9.59 Å². The smallest absolute Gasteiger partial charge is 0.372 e. The summed E-state index contributed by atoms with van der Waals surface area (Å²) in [6.45, 7) is 4.98. The lowest BCUT2D eigenvalue weighted by Gasteiger charge is -2.18. The highest BCUT2D eigenvalue weighted by Crippen LogP contribution is 2.24. The number of hydrogen-bond donors (Lipinski definition) is 2. The van der Waals surface area contributed by atoms with E-state index in [4.69, 9.17) is 9.52 Å². The van der Waals surface area contributed by atoms with Gasteiger partial charge in [-0.05, 0) is 26.3 Å². The maximum atomic E-state index is 12.2. The van der Waals surface area contributed by atoms with Crippen molar-refractivity contribution < 1.29 is 23.9 Å². The van der Waals surface area contributed by atoms with Gasteiger partial charge >= 0.3 is 12.0 Å². The molecule has 1 saturated heterocycles. The van der Waals surface area contributed by atoms with Crippen molar-refractivity contribution in [1.82, 2.24) is 10.2 Å².